The van der Waals surface area contributed by atoms with Gasteiger partial charge in [0.15, 0.2) is 0 Å². The van der Waals surface area contributed by atoms with Crippen LogP contribution in [-0.4, -0.2) is 13.3 Å². The molecule has 2 aromatic heterocycles. The highest BCUT2D eigenvalue weighted by Gasteiger charge is 2.27. The predicted octanol–water partition coefficient (Wildman–Crippen LogP) is 11.3. The zero-order chi connectivity index (χ0) is 32.5. The normalized spacial score (nSPS) is 15.8. The summed E-state index contributed by atoms with van der Waals surface area (Å²) < 4.78 is 23.9. The Morgan fingerprint density at radius 1 is 0.449 bits per heavy atom. The summed E-state index contributed by atoms with van der Waals surface area (Å²) in [6.07, 6.45) is 1.81. The predicted molar refractivity (Wildman–Crippen MR) is 203 cm³/mol. The van der Waals surface area contributed by atoms with E-state index in [1.807, 2.05) is 54.7 Å². The molecule has 0 N–H and O–H groups in total. The van der Waals surface area contributed by atoms with E-state index < -0.39 is 9.73 Å². The minimum absolute atomic E-state index is 0.716. The summed E-state index contributed by atoms with van der Waals surface area (Å²) in [7, 11) is -2.82. The average molecular weight is 648 g/mol. The molecule has 1 unspecified atom stereocenters. The molecular formula is C44H29N3OS. The number of aromatic nitrogens is 2. The summed E-state index contributed by atoms with van der Waals surface area (Å²) in [4.78, 5) is 1.46. The molecule has 0 saturated carbocycles. The van der Waals surface area contributed by atoms with Gasteiger partial charge in [0.05, 0.1) is 43.8 Å². The van der Waals surface area contributed by atoms with Crippen LogP contribution in [0.4, 0.5) is 0 Å². The lowest BCUT2D eigenvalue weighted by molar-refractivity contribution is 0.675. The van der Waals surface area contributed by atoms with Gasteiger partial charge in [-0.15, -0.1) is 0 Å². The maximum absolute atomic E-state index is 14.5. The Morgan fingerprint density at radius 2 is 0.959 bits per heavy atom. The van der Waals surface area contributed by atoms with Gasteiger partial charge in [0.25, 0.3) is 0 Å². The van der Waals surface area contributed by atoms with Crippen LogP contribution in [0.25, 0.3) is 66.1 Å². The molecule has 0 spiro atoms. The van der Waals surface area contributed by atoms with E-state index in [0.29, 0.717) is 4.90 Å². The van der Waals surface area contributed by atoms with E-state index in [9.17, 15) is 4.21 Å². The van der Waals surface area contributed by atoms with Gasteiger partial charge in [-0.05, 0) is 77.9 Å². The van der Waals surface area contributed by atoms with E-state index in [2.05, 4.69) is 130 Å². The fourth-order valence-corrected chi connectivity index (χ4v) is 9.56. The highest BCUT2D eigenvalue weighted by molar-refractivity contribution is 7.94. The van der Waals surface area contributed by atoms with E-state index in [1.165, 1.54) is 27.4 Å². The van der Waals surface area contributed by atoms with Gasteiger partial charge in [-0.25, -0.2) is 4.21 Å². The quantitative estimate of drug-likeness (QED) is 0.187. The molecule has 0 radical (unpaired) electrons. The number of fused-ring (bicyclic) bond motifs is 7. The Hall–Kier alpha value is -6.17. The van der Waals surface area contributed by atoms with Crippen molar-refractivity contribution in [1.29, 1.82) is 0 Å². The molecule has 0 fully saturated rings. The highest BCUT2D eigenvalue weighted by atomic mass is 32.2. The van der Waals surface area contributed by atoms with Gasteiger partial charge in [0.2, 0.25) is 0 Å². The number of hydrogen-bond donors (Lipinski definition) is 0. The molecule has 1 aliphatic rings. The van der Waals surface area contributed by atoms with E-state index in [1.54, 1.807) is 0 Å². The first-order valence-corrected chi connectivity index (χ1v) is 17.9. The molecule has 4 nitrogen and oxygen atoms in total. The lowest BCUT2D eigenvalue weighted by atomic mass is 10.0. The average Bonchev–Trinajstić information content (AvgIpc) is 3.68. The van der Waals surface area contributed by atoms with Crippen molar-refractivity contribution in [2.24, 2.45) is 4.36 Å². The smallest absolute Gasteiger partial charge is 0.109 e. The van der Waals surface area contributed by atoms with Crippen molar-refractivity contribution in [3.63, 3.8) is 0 Å². The van der Waals surface area contributed by atoms with Crippen LogP contribution in [0.5, 0.6) is 0 Å². The summed E-state index contributed by atoms with van der Waals surface area (Å²) in [6, 6.07) is 58.9. The fourth-order valence-electron chi connectivity index (χ4n) is 7.56. The highest BCUT2D eigenvalue weighted by Crippen LogP contribution is 2.42. The largest absolute Gasteiger partial charge is 0.309 e. The topological polar surface area (TPSA) is 39.3 Å². The first-order chi connectivity index (χ1) is 24.2. The molecule has 0 bridgehead atoms. The second-order valence-electron chi connectivity index (χ2n) is 12.5. The Labute approximate surface area is 284 Å². The molecule has 0 amide bonds. The Kier molecular flexibility index (Phi) is 6.08. The maximum atomic E-state index is 14.5. The molecule has 1 aliphatic heterocycles. The third-order valence-electron chi connectivity index (χ3n) is 9.78. The van der Waals surface area contributed by atoms with E-state index in [4.69, 9.17) is 4.36 Å². The molecule has 232 valence electrons. The SMILES string of the molecule is O=S1(c2ccccc2)=NC=C(n2c3ccccc3c3cc(-c4ccc5c(c4)c4ccccc4n5-c4ccccc4)ccc32)c2ccccc21. The third kappa shape index (κ3) is 4.13. The first-order valence-electron chi connectivity index (χ1n) is 16.4. The number of hydrogen-bond acceptors (Lipinski definition) is 2. The van der Waals surface area contributed by atoms with Gasteiger partial charge >= 0.3 is 0 Å². The van der Waals surface area contributed by atoms with Crippen LogP contribution in [-0.2, 0) is 9.73 Å². The Morgan fingerprint density at radius 3 is 1.63 bits per heavy atom. The third-order valence-corrected chi connectivity index (χ3v) is 12.0. The summed E-state index contributed by atoms with van der Waals surface area (Å²) >= 11 is 0. The fraction of sp³-hybridized carbons (Fsp3) is 0. The van der Waals surface area contributed by atoms with Crippen molar-refractivity contribution in [2.75, 3.05) is 0 Å². The summed E-state index contributed by atoms with van der Waals surface area (Å²) in [6.45, 7) is 0. The first kappa shape index (κ1) is 27.9. The van der Waals surface area contributed by atoms with Crippen LogP contribution in [0.3, 0.4) is 0 Å². The standard InChI is InChI=1S/C44H29N3OS/c48-49(33-15-5-2-6-16-33)44-22-12-9-19-36(44)43(29-45-49)47-40-21-11-8-18-35(40)38-28-31(24-26-42(38)47)30-23-25-41-37(27-30)34-17-7-10-20-39(34)46(41)32-13-3-1-4-14-32/h1-29H. The van der Waals surface area contributed by atoms with Crippen LogP contribution >= 0.6 is 0 Å². The molecule has 10 rings (SSSR count). The molecule has 5 heteroatoms. The van der Waals surface area contributed by atoms with E-state index in [-0.39, 0.29) is 0 Å². The molecule has 3 heterocycles. The van der Waals surface area contributed by atoms with Gasteiger partial charge in [-0.1, -0.05) is 103 Å². The number of nitrogens with zero attached hydrogens (tertiary/aromatic N) is 3. The summed E-state index contributed by atoms with van der Waals surface area (Å²) in [5.74, 6) is 0. The van der Waals surface area contributed by atoms with Crippen molar-refractivity contribution >= 4 is 59.0 Å². The second-order valence-corrected chi connectivity index (χ2v) is 14.6. The molecule has 9 aromatic rings. The van der Waals surface area contributed by atoms with Crippen molar-refractivity contribution in [2.45, 2.75) is 9.79 Å². The minimum Gasteiger partial charge on any atom is -0.309 e. The summed E-state index contributed by atoms with van der Waals surface area (Å²) in [5, 5.41) is 4.79. The molecule has 49 heavy (non-hydrogen) atoms. The van der Waals surface area contributed by atoms with Crippen molar-refractivity contribution in [3.8, 4) is 16.8 Å². The van der Waals surface area contributed by atoms with Crippen molar-refractivity contribution < 1.29 is 4.21 Å². The zero-order valence-electron chi connectivity index (χ0n) is 26.4. The lowest BCUT2D eigenvalue weighted by Gasteiger charge is -2.22. The van der Waals surface area contributed by atoms with Gasteiger partial charge in [0, 0.05) is 32.8 Å². The second kappa shape index (κ2) is 10.7. The monoisotopic (exact) mass is 647 g/mol. The Bertz CT molecular complexity index is 2930. The van der Waals surface area contributed by atoms with Crippen LogP contribution < -0.4 is 0 Å². The van der Waals surface area contributed by atoms with Crippen LogP contribution in [0.2, 0.25) is 0 Å². The zero-order valence-corrected chi connectivity index (χ0v) is 27.2. The number of rotatable bonds is 4. The maximum Gasteiger partial charge on any atom is 0.109 e. The van der Waals surface area contributed by atoms with Crippen molar-refractivity contribution in [3.05, 3.63) is 182 Å². The lowest BCUT2D eigenvalue weighted by Crippen LogP contribution is -2.11. The molecule has 7 aromatic carbocycles. The van der Waals surface area contributed by atoms with E-state index in [0.717, 1.165) is 49.2 Å². The van der Waals surface area contributed by atoms with Crippen LogP contribution in [0.1, 0.15) is 5.56 Å². The number of benzene rings is 7. The molecular weight excluding hydrogens is 619 g/mol. The Balaban J connectivity index is 1.17. The minimum atomic E-state index is -2.82. The van der Waals surface area contributed by atoms with Crippen LogP contribution in [0.15, 0.2) is 190 Å². The van der Waals surface area contributed by atoms with Crippen LogP contribution in [0, 0.1) is 0 Å². The van der Waals surface area contributed by atoms with Gasteiger partial charge in [0.1, 0.15) is 9.73 Å². The molecule has 0 aliphatic carbocycles. The summed E-state index contributed by atoms with van der Waals surface area (Å²) in [5.41, 5.74) is 9.87. The van der Waals surface area contributed by atoms with E-state index >= 15 is 0 Å². The van der Waals surface area contributed by atoms with Gasteiger partial charge < -0.3 is 9.13 Å². The molecule has 0 saturated heterocycles. The van der Waals surface area contributed by atoms with Crippen molar-refractivity contribution in [1.82, 2.24) is 9.13 Å². The number of para-hydroxylation sites is 3. The van der Waals surface area contributed by atoms with Gasteiger partial charge in [-0.3, -0.25) is 0 Å². The molecule has 1 atom stereocenters. The van der Waals surface area contributed by atoms with Gasteiger partial charge in [-0.2, -0.15) is 4.36 Å².